The van der Waals surface area contributed by atoms with E-state index in [2.05, 4.69) is 6.92 Å². The second-order valence-electron chi connectivity index (χ2n) is 5.23. The zero-order chi connectivity index (χ0) is 14.1. The molecule has 18 heavy (non-hydrogen) atoms. The topological polar surface area (TPSA) is 74.6 Å². The number of unbranched alkanes of at least 4 members (excludes halogenated alkanes) is 8. The van der Waals surface area contributed by atoms with Crippen LogP contribution >= 0.6 is 0 Å². The lowest BCUT2D eigenvalue weighted by atomic mass is 10.1. The van der Waals surface area contributed by atoms with Crippen molar-refractivity contribution in [1.29, 1.82) is 0 Å². The van der Waals surface area contributed by atoms with Crippen molar-refractivity contribution in [3.8, 4) is 0 Å². The van der Waals surface area contributed by atoms with Crippen LogP contribution in [0.1, 0.15) is 78.1 Å². The molecule has 110 valence electrons. The number of rotatable bonds is 11. The summed E-state index contributed by atoms with van der Waals surface area (Å²) < 4.78 is 30.4. The lowest BCUT2D eigenvalue weighted by molar-refractivity contribution is 0.119. The van der Waals surface area contributed by atoms with E-state index in [9.17, 15) is 13.5 Å². The number of aliphatic hydroxyl groups is 1. The minimum absolute atomic E-state index is 0.0989. The molecule has 0 aliphatic carbocycles. The Morgan fingerprint density at radius 2 is 1.28 bits per heavy atom. The van der Waals surface area contributed by atoms with Crippen LogP contribution in [0.4, 0.5) is 0 Å². The molecule has 0 spiro atoms. The third-order valence-corrected chi connectivity index (χ3v) is 4.62. The van der Waals surface area contributed by atoms with Crippen LogP contribution in [-0.4, -0.2) is 23.0 Å². The Labute approximate surface area is 112 Å². The molecule has 4 nitrogen and oxygen atoms in total. The third kappa shape index (κ3) is 8.06. The molecule has 0 rings (SSSR count). The quantitative estimate of drug-likeness (QED) is 0.448. The zero-order valence-corrected chi connectivity index (χ0v) is 12.5. The molecule has 1 atom stereocenters. The molecule has 5 heteroatoms. The van der Waals surface area contributed by atoms with E-state index in [1.165, 1.54) is 32.1 Å². The van der Waals surface area contributed by atoms with Gasteiger partial charge in [-0.3, -0.25) is 4.55 Å². The molecule has 0 radical (unpaired) electrons. The van der Waals surface area contributed by atoms with Gasteiger partial charge in [-0.25, -0.2) is 0 Å². The van der Waals surface area contributed by atoms with Gasteiger partial charge in [0.15, 0.2) is 4.93 Å². The second kappa shape index (κ2) is 8.88. The summed E-state index contributed by atoms with van der Waals surface area (Å²) in [6.07, 6.45) is 10.2. The van der Waals surface area contributed by atoms with E-state index in [-0.39, 0.29) is 6.42 Å². The fourth-order valence-corrected chi connectivity index (χ4v) is 2.29. The van der Waals surface area contributed by atoms with Crippen molar-refractivity contribution in [3.63, 3.8) is 0 Å². The predicted molar refractivity (Wildman–Crippen MR) is 74.0 cm³/mol. The van der Waals surface area contributed by atoms with Gasteiger partial charge in [-0.2, -0.15) is 8.42 Å². The van der Waals surface area contributed by atoms with Crippen LogP contribution in [0.5, 0.6) is 0 Å². The van der Waals surface area contributed by atoms with Gasteiger partial charge >= 0.3 is 0 Å². The fraction of sp³-hybridized carbons (Fsp3) is 1.00. The van der Waals surface area contributed by atoms with Crippen LogP contribution in [0.25, 0.3) is 0 Å². The largest absolute Gasteiger partial charge is 0.373 e. The predicted octanol–water partition coefficient (Wildman–Crippen LogP) is 3.50. The summed E-state index contributed by atoms with van der Waals surface area (Å²) in [6, 6.07) is 0. The van der Waals surface area contributed by atoms with Gasteiger partial charge in [0.1, 0.15) is 0 Å². The molecule has 0 fully saturated rings. The SMILES string of the molecule is CCCCCCCCCCCC(C)(O)S(=O)(=O)O. The van der Waals surface area contributed by atoms with E-state index in [0.717, 1.165) is 26.2 Å². The Morgan fingerprint density at radius 3 is 1.67 bits per heavy atom. The first-order valence-electron chi connectivity index (χ1n) is 7.00. The highest BCUT2D eigenvalue weighted by Crippen LogP contribution is 2.20. The van der Waals surface area contributed by atoms with Crippen molar-refractivity contribution >= 4 is 10.1 Å². The molecular formula is C13H28O4S. The summed E-state index contributed by atoms with van der Waals surface area (Å²) in [5.74, 6) is 0. The monoisotopic (exact) mass is 280 g/mol. The van der Waals surface area contributed by atoms with Gasteiger partial charge in [-0.1, -0.05) is 58.3 Å². The first kappa shape index (κ1) is 17.9. The minimum atomic E-state index is -4.35. The summed E-state index contributed by atoms with van der Waals surface area (Å²) in [6.45, 7) is 3.34. The van der Waals surface area contributed by atoms with Crippen LogP contribution in [0.3, 0.4) is 0 Å². The Morgan fingerprint density at radius 1 is 0.889 bits per heavy atom. The van der Waals surface area contributed by atoms with E-state index < -0.39 is 15.1 Å². The van der Waals surface area contributed by atoms with Gasteiger partial charge in [0.05, 0.1) is 0 Å². The molecule has 0 aliphatic rings. The van der Waals surface area contributed by atoms with E-state index in [1.807, 2.05) is 0 Å². The first-order chi connectivity index (χ1) is 8.31. The van der Waals surface area contributed by atoms with Crippen molar-refractivity contribution in [2.45, 2.75) is 83.0 Å². The Kier molecular flexibility index (Phi) is 8.82. The summed E-state index contributed by atoms with van der Waals surface area (Å²) in [4.78, 5) is -1.99. The highest BCUT2D eigenvalue weighted by molar-refractivity contribution is 7.87. The van der Waals surface area contributed by atoms with Gasteiger partial charge < -0.3 is 5.11 Å². The van der Waals surface area contributed by atoms with Crippen molar-refractivity contribution in [2.24, 2.45) is 0 Å². The van der Waals surface area contributed by atoms with Crippen LogP contribution in [0.2, 0.25) is 0 Å². The molecule has 0 heterocycles. The molecule has 0 bridgehead atoms. The van der Waals surface area contributed by atoms with Crippen molar-refractivity contribution in [1.82, 2.24) is 0 Å². The lowest BCUT2D eigenvalue weighted by Gasteiger charge is -2.19. The average Bonchev–Trinajstić information content (AvgIpc) is 2.25. The molecule has 0 aromatic heterocycles. The van der Waals surface area contributed by atoms with E-state index in [0.29, 0.717) is 6.42 Å². The molecule has 1 unspecified atom stereocenters. The molecule has 0 aliphatic heterocycles. The standard InChI is InChI=1S/C13H28O4S/c1-3-4-5-6-7-8-9-10-11-12-13(2,14)18(15,16)17/h14H,3-12H2,1-2H3,(H,15,16,17). The number of hydrogen-bond acceptors (Lipinski definition) is 3. The third-order valence-electron chi connectivity index (χ3n) is 3.30. The maximum atomic E-state index is 10.8. The van der Waals surface area contributed by atoms with Gasteiger partial charge in [-0.15, -0.1) is 0 Å². The highest BCUT2D eigenvalue weighted by atomic mass is 32.2. The smallest absolute Gasteiger partial charge is 0.294 e. The van der Waals surface area contributed by atoms with Gasteiger partial charge in [-0.05, 0) is 19.8 Å². The van der Waals surface area contributed by atoms with Crippen LogP contribution < -0.4 is 0 Å². The molecule has 0 aromatic carbocycles. The zero-order valence-electron chi connectivity index (χ0n) is 11.7. The number of hydrogen-bond donors (Lipinski definition) is 2. The summed E-state index contributed by atoms with van der Waals surface area (Å²) >= 11 is 0. The fourth-order valence-electron chi connectivity index (χ4n) is 1.89. The van der Waals surface area contributed by atoms with Gasteiger partial charge in [0, 0.05) is 0 Å². The van der Waals surface area contributed by atoms with Gasteiger partial charge in [0.2, 0.25) is 0 Å². The van der Waals surface area contributed by atoms with E-state index >= 15 is 0 Å². The van der Waals surface area contributed by atoms with E-state index in [4.69, 9.17) is 4.55 Å². The Hall–Kier alpha value is -0.130. The summed E-state index contributed by atoms with van der Waals surface area (Å²) in [5, 5.41) is 9.51. The second-order valence-corrected chi connectivity index (χ2v) is 7.06. The molecule has 2 N–H and O–H groups in total. The van der Waals surface area contributed by atoms with Gasteiger partial charge in [0.25, 0.3) is 10.1 Å². The average molecular weight is 280 g/mol. The minimum Gasteiger partial charge on any atom is -0.373 e. The van der Waals surface area contributed by atoms with Crippen LogP contribution in [0.15, 0.2) is 0 Å². The van der Waals surface area contributed by atoms with Crippen molar-refractivity contribution < 1.29 is 18.1 Å². The van der Waals surface area contributed by atoms with E-state index in [1.54, 1.807) is 0 Å². The first-order valence-corrected chi connectivity index (χ1v) is 8.44. The molecule has 0 aromatic rings. The highest BCUT2D eigenvalue weighted by Gasteiger charge is 2.34. The Balaban J connectivity index is 3.46. The van der Waals surface area contributed by atoms with Crippen molar-refractivity contribution in [3.05, 3.63) is 0 Å². The lowest BCUT2D eigenvalue weighted by Crippen LogP contribution is -2.34. The van der Waals surface area contributed by atoms with Crippen LogP contribution in [0, 0.1) is 0 Å². The summed E-state index contributed by atoms with van der Waals surface area (Å²) in [5.41, 5.74) is 0. The van der Waals surface area contributed by atoms with Crippen molar-refractivity contribution in [2.75, 3.05) is 0 Å². The normalized spacial score (nSPS) is 15.6. The molecular weight excluding hydrogens is 252 g/mol. The maximum Gasteiger partial charge on any atom is 0.294 e. The molecule has 0 saturated heterocycles. The maximum absolute atomic E-state index is 10.8. The summed E-state index contributed by atoms with van der Waals surface area (Å²) in [7, 11) is -4.35. The molecule has 0 amide bonds. The van der Waals surface area contributed by atoms with Crippen LogP contribution in [-0.2, 0) is 10.1 Å². The molecule has 0 saturated carbocycles. The Bertz CT molecular complexity index is 296.